The summed E-state index contributed by atoms with van der Waals surface area (Å²) < 4.78 is 0. The number of allylic oxidation sites excluding steroid dienone is 2. The molecule has 0 bridgehead atoms. The monoisotopic (exact) mass is 395 g/mol. The summed E-state index contributed by atoms with van der Waals surface area (Å²) in [4.78, 5) is 14.5. The van der Waals surface area contributed by atoms with Crippen LogP contribution in [0.2, 0.25) is 0 Å². The summed E-state index contributed by atoms with van der Waals surface area (Å²) in [5.74, 6) is 0.655. The molecule has 0 aromatic heterocycles. The number of rotatable bonds is 18. The average Bonchev–Trinajstić information content (AvgIpc) is 2.68. The quantitative estimate of drug-likeness (QED) is 0.0745. The normalized spacial score (nSPS) is 12.2. The van der Waals surface area contributed by atoms with Crippen LogP contribution in [-0.2, 0) is 4.79 Å². The molecule has 0 saturated heterocycles. The molecule has 0 unspecified atom stereocenters. The third kappa shape index (κ3) is 15.5. The van der Waals surface area contributed by atoms with E-state index in [0.29, 0.717) is 30.6 Å². The molecule has 0 aromatic carbocycles. The van der Waals surface area contributed by atoms with Crippen molar-refractivity contribution in [2.24, 2.45) is 10.9 Å². The number of hydrogen-bond donors (Lipinski definition) is 2. The van der Waals surface area contributed by atoms with E-state index >= 15 is 0 Å². The zero-order valence-corrected chi connectivity index (χ0v) is 18.7. The Labute approximate surface area is 173 Å². The molecule has 3 N–H and O–H groups in total. The number of nitrogens with two attached hydrogens (primary N) is 1. The van der Waals surface area contributed by atoms with Gasteiger partial charge < -0.3 is 15.8 Å². The van der Waals surface area contributed by atoms with E-state index in [4.69, 9.17) is 10.9 Å². The van der Waals surface area contributed by atoms with E-state index in [1.807, 2.05) is 0 Å². The molecule has 0 aliphatic carbocycles. The molecule has 0 aliphatic heterocycles. The Balaban J connectivity index is 3.71. The first-order valence-electron chi connectivity index (χ1n) is 11.4. The number of amides is 1. The van der Waals surface area contributed by atoms with Gasteiger partial charge in [0.2, 0.25) is 5.91 Å². The van der Waals surface area contributed by atoms with E-state index in [1.54, 1.807) is 0 Å². The van der Waals surface area contributed by atoms with Crippen molar-refractivity contribution in [3.05, 3.63) is 12.2 Å². The molecule has 0 radical (unpaired) electrons. The zero-order valence-electron chi connectivity index (χ0n) is 18.7. The third-order valence-corrected chi connectivity index (χ3v) is 5.06. The highest BCUT2D eigenvalue weighted by Gasteiger charge is 2.15. The summed E-state index contributed by atoms with van der Waals surface area (Å²) in [5.41, 5.74) is 5.44. The minimum absolute atomic E-state index is 0.299. The van der Waals surface area contributed by atoms with Crippen LogP contribution in [0.25, 0.3) is 0 Å². The molecule has 0 spiro atoms. The maximum Gasteiger partial charge on any atom is 0.222 e. The standard InChI is InChI=1S/C23H45N3O2/c1-4-5-6-16-19-23(27)26(21(2)3)20-17-14-12-10-8-7-9-11-13-15-18-22(24)25-28/h8,10,21,28H,4-7,9,11-20H2,1-3H3,(H2,24,25). The second kappa shape index (κ2) is 18.8. The molecule has 0 aromatic rings. The van der Waals surface area contributed by atoms with Crippen molar-refractivity contribution in [3.8, 4) is 0 Å². The topological polar surface area (TPSA) is 78.9 Å². The van der Waals surface area contributed by atoms with Crippen molar-refractivity contribution in [2.45, 2.75) is 117 Å². The number of carbonyl (C=O) groups is 1. The molecule has 5 heteroatoms. The summed E-state index contributed by atoms with van der Waals surface area (Å²) in [6.45, 7) is 7.33. The Morgan fingerprint density at radius 2 is 1.50 bits per heavy atom. The molecule has 164 valence electrons. The van der Waals surface area contributed by atoms with Crippen LogP contribution in [0, 0.1) is 0 Å². The molecule has 0 saturated carbocycles. The Morgan fingerprint density at radius 3 is 2.11 bits per heavy atom. The summed E-state index contributed by atoms with van der Waals surface area (Å²) in [6.07, 6.45) is 19.5. The van der Waals surface area contributed by atoms with Crippen LogP contribution >= 0.6 is 0 Å². The molecular weight excluding hydrogens is 350 g/mol. The first-order valence-corrected chi connectivity index (χ1v) is 11.4. The van der Waals surface area contributed by atoms with Gasteiger partial charge in [-0.05, 0) is 58.8 Å². The molecule has 0 heterocycles. The Kier molecular flexibility index (Phi) is 17.8. The van der Waals surface area contributed by atoms with Gasteiger partial charge in [0.15, 0.2) is 0 Å². The van der Waals surface area contributed by atoms with Crippen molar-refractivity contribution < 1.29 is 10.0 Å². The summed E-state index contributed by atoms with van der Waals surface area (Å²) in [6, 6.07) is 0.299. The van der Waals surface area contributed by atoms with Crippen molar-refractivity contribution in [1.29, 1.82) is 0 Å². The number of nitrogens with zero attached hydrogens (tertiary/aromatic N) is 2. The van der Waals surface area contributed by atoms with Crippen LogP contribution in [0.5, 0.6) is 0 Å². The van der Waals surface area contributed by atoms with Crippen molar-refractivity contribution in [2.75, 3.05) is 6.54 Å². The fraction of sp³-hybridized carbons (Fsp3) is 0.826. The molecular formula is C23H45N3O2. The third-order valence-electron chi connectivity index (χ3n) is 5.06. The lowest BCUT2D eigenvalue weighted by Crippen LogP contribution is -2.37. The smallest absolute Gasteiger partial charge is 0.222 e. The van der Waals surface area contributed by atoms with E-state index < -0.39 is 0 Å². The highest BCUT2D eigenvalue weighted by atomic mass is 16.4. The van der Waals surface area contributed by atoms with Crippen LogP contribution in [0.4, 0.5) is 0 Å². The van der Waals surface area contributed by atoms with E-state index in [-0.39, 0.29) is 0 Å². The predicted octanol–water partition coefficient (Wildman–Crippen LogP) is 6.01. The van der Waals surface area contributed by atoms with Gasteiger partial charge in [0, 0.05) is 25.4 Å². The highest BCUT2D eigenvalue weighted by Crippen LogP contribution is 2.11. The number of oxime groups is 1. The van der Waals surface area contributed by atoms with Gasteiger partial charge in [0.1, 0.15) is 5.84 Å². The molecule has 0 fully saturated rings. The SMILES string of the molecule is CCCCCCC(=O)N(CCCCC=CCCCCCCC(N)=NO)C(C)C. The van der Waals surface area contributed by atoms with Gasteiger partial charge >= 0.3 is 0 Å². The molecule has 5 nitrogen and oxygen atoms in total. The maximum absolute atomic E-state index is 12.4. The van der Waals surface area contributed by atoms with Gasteiger partial charge in [0.25, 0.3) is 0 Å². The predicted molar refractivity (Wildman–Crippen MR) is 120 cm³/mol. The Hall–Kier alpha value is -1.52. The molecule has 0 aliphatic rings. The summed E-state index contributed by atoms with van der Waals surface area (Å²) >= 11 is 0. The van der Waals surface area contributed by atoms with Gasteiger partial charge in [-0.3, -0.25) is 4.79 Å². The van der Waals surface area contributed by atoms with E-state index in [1.165, 1.54) is 32.1 Å². The van der Waals surface area contributed by atoms with Crippen molar-refractivity contribution >= 4 is 11.7 Å². The van der Waals surface area contributed by atoms with Crippen molar-refractivity contribution in [3.63, 3.8) is 0 Å². The van der Waals surface area contributed by atoms with Gasteiger partial charge in [0.05, 0.1) is 0 Å². The average molecular weight is 396 g/mol. The van der Waals surface area contributed by atoms with E-state index in [9.17, 15) is 4.79 Å². The summed E-state index contributed by atoms with van der Waals surface area (Å²) in [5, 5.41) is 11.4. The minimum Gasteiger partial charge on any atom is -0.409 e. The van der Waals surface area contributed by atoms with Gasteiger partial charge in [-0.25, -0.2) is 0 Å². The fourth-order valence-electron chi connectivity index (χ4n) is 3.27. The van der Waals surface area contributed by atoms with Crippen LogP contribution in [0.15, 0.2) is 17.3 Å². The van der Waals surface area contributed by atoms with Crippen LogP contribution < -0.4 is 5.73 Å². The minimum atomic E-state index is 0.299. The first kappa shape index (κ1) is 26.5. The lowest BCUT2D eigenvalue weighted by molar-refractivity contribution is -0.133. The molecule has 1 amide bonds. The van der Waals surface area contributed by atoms with E-state index in [0.717, 1.165) is 51.5 Å². The molecule has 28 heavy (non-hydrogen) atoms. The first-order chi connectivity index (χ1) is 13.5. The second-order valence-corrected chi connectivity index (χ2v) is 8.00. The number of unbranched alkanes of at least 4 members (excludes halogenated alkanes) is 9. The summed E-state index contributed by atoms with van der Waals surface area (Å²) in [7, 11) is 0. The number of carbonyl (C=O) groups excluding carboxylic acids is 1. The zero-order chi connectivity index (χ0) is 21.0. The lowest BCUT2D eigenvalue weighted by atomic mass is 10.1. The fourth-order valence-corrected chi connectivity index (χ4v) is 3.27. The largest absolute Gasteiger partial charge is 0.409 e. The Morgan fingerprint density at radius 1 is 0.929 bits per heavy atom. The highest BCUT2D eigenvalue weighted by molar-refractivity contribution is 5.79. The maximum atomic E-state index is 12.4. The molecule has 0 rings (SSSR count). The van der Waals surface area contributed by atoms with Gasteiger partial charge in [-0.1, -0.05) is 56.3 Å². The lowest BCUT2D eigenvalue weighted by Gasteiger charge is -2.27. The molecule has 0 atom stereocenters. The number of hydrogen-bond acceptors (Lipinski definition) is 3. The van der Waals surface area contributed by atoms with Crippen LogP contribution in [0.1, 0.15) is 111 Å². The van der Waals surface area contributed by atoms with Crippen LogP contribution in [-0.4, -0.2) is 34.4 Å². The Bertz CT molecular complexity index is 434. The number of amidine groups is 1. The van der Waals surface area contributed by atoms with Crippen LogP contribution in [0.3, 0.4) is 0 Å². The van der Waals surface area contributed by atoms with E-state index in [2.05, 4.69) is 43.0 Å². The van der Waals surface area contributed by atoms with Crippen molar-refractivity contribution in [1.82, 2.24) is 4.90 Å². The van der Waals surface area contributed by atoms with Gasteiger partial charge in [-0.2, -0.15) is 0 Å². The second-order valence-electron chi connectivity index (χ2n) is 8.00. The van der Waals surface area contributed by atoms with Gasteiger partial charge in [-0.15, -0.1) is 0 Å².